The molecule has 0 radical (unpaired) electrons. The first kappa shape index (κ1) is 8.93. The van der Waals surface area contributed by atoms with Crippen LogP contribution < -0.4 is 10.6 Å². The Morgan fingerprint density at radius 2 is 2.14 bits per heavy atom. The molecule has 1 aliphatic heterocycles. The van der Waals surface area contributed by atoms with Crippen LogP contribution in [0.25, 0.3) is 0 Å². The number of amides is 2. The van der Waals surface area contributed by atoms with Gasteiger partial charge in [0, 0.05) is 18.2 Å². The zero-order chi connectivity index (χ0) is 10.1. The number of halogens is 2. The van der Waals surface area contributed by atoms with E-state index in [1.807, 2.05) is 0 Å². The highest BCUT2D eigenvalue weighted by Crippen LogP contribution is 2.19. The van der Waals surface area contributed by atoms with Gasteiger partial charge in [-0.25, -0.2) is 13.6 Å². The molecular formula is C9H8F2N2O. The summed E-state index contributed by atoms with van der Waals surface area (Å²) >= 11 is 0. The van der Waals surface area contributed by atoms with Gasteiger partial charge >= 0.3 is 6.03 Å². The van der Waals surface area contributed by atoms with Crippen LogP contribution in [0.4, 0.5) is 13.6 Å². The minimum atomic E-state index is -0.640. The lowest BCUT2D eigenvalue weighted by atomic mass is 10.1. The average Bonchev–Trinajstić information content (AvgIpc) is 2.51. The van der Waals surface area contributed by atoms with E-state index in [2.05, 4.69) is 10.6 Å². The van der Waals surface area contributed by atoms with Crippen LogP contribution >= 0.6 is 0 Å². The Hall–Kier alpha value is -1.65. The van der Waals surface area contributed by atoms with Crippen LogP contribution in [0.3, 0.4) is 0 Å². The lowest BCUT2D eigenvalue weighted by Crippen LogP contribution is -2.22. The largest absolute Gasteiger partial charge is 0.336 e. The number of benzene rings is 1. The molecule has 14 heavy (non-hydrogen) atoms. The van der Waals surface area contributed by atoms with Crippen molar-refractivity contribution in [1.82, 2.24) is 10.6 Å². The number of carbonyl (C=O) groups excluding carboxylic acids is 1. The van der Waals surface area contributed by atoms with Crippen molar-refractivity contribution >= 4 is 6.03 Å². The minimum Gasteiger partial charge on any atom is -0.336 e. The van der Waals surface area contributed by atoms with Crippen LogP contribution in [0.5, 0.6) is 0 Å². The van der Waals surface area contributed by atoms with Gasteiger partial charge in [0.15, 0.2) is 0 Å². The normalized spacial score (nSPS) is 20.4. The molecule has 3 nitrogen and oxygen atoms in total. The number of rotatable bonds is 1. The van der Waals surface area contributed by atoms with Crippen LogP contribution in [0.2, 0.25) is 0 Å². The van der Waals surface area contributed by atoms with Crippen molar-refractivity contribution < 1.29 is 13.6 Å². The standard InChI is InChI=1S/C9H8F2N2O/c10-5-1-2-6(7(11)3-5)8-4-12-9(14)13-8/h1-3,8H,4H2,(H2,12,13,14). The third-order valence-electron chi connectivity index (χ3n) is 2.11. The van der Waals surface area contributed by atoms with Gasteiger partial charge in [0.05, 0.1) is 6.04 Å². The molecule has 1 heterocycles. The molecule has 1 aromatic rings. The van der Waals surface area contributed by atoms with E-state index < -0.39 is 17.7 Å². The minimum absolute atomic E-state index is 0.296. The van der Waals surface area contributed by atoms with Gasteiger partial charge in [-0.2, -0.15) is 0 Å². The maximum Gasteiger partial charge on any atom is 0.315 e. The van der Waals surface area contributed by atoms with E-state index in [0.717, 1.165) is 6.07 Å². The van der Waals surface area contributed by atoms with Crippen molar-refractivity contribution in [2.24, 2.45) is 0 Å². The molecule has 74 valence electrons. The summed E-state index contributed by atoms with van der Waals surface area (Å²) in [6, 6.07) is 2.56. The zero-order valence-corrected chi connectivity index (χ0v) is 7.18. The molecule has 1 atom stereocenters. The summed E-state index contributed by atoms with van der Waals surface area (Å²) < 4.78 is 25.8. The summed E-state index contributed by atoms with van der Waals surface area (Å²) in [6.45, 7) is 0.321. The van der Waals surface area contributed by atoms with Crippen molar-refractivity contribution in [2.75, 3.05) is 6.54 Å². The highest BCUT2D eigenvalue weighted by atomic mass is 19.1. The Balaban J connectivity index is 2.28. The Labute approximate surface area is 79.1 Å². The predicted octanol–water partition coefficient (Wildman–Crippen LogP) is 1.32. The van der Waals surface area contributed by atoms with Crippen LogP contribution in [0.15, 0.2) is 18.2 Å². The third-order valence-corrected chi connectivity index (χ3v) is 2.11. The van der Waals surface area contributed by atoms with Gasteiger partial charge in [-0.3, -0.25) is 0 Å². The molecule has 2 rings (SSSR count). The SMILES string of the molecule is O=C1NCC(c2ccc(F)cc2F)N1. The molecule has 5 heteroatoms. The molecule has 1 fully saturated rings. The van der Waals surface area contributed by atoms with Gasteiger partial charge in [-0.15, -0.1) is 0 Å². The van der Waals surface area contributed by atoms with E-state index in [1.54, 1.807) is 0 Å². The summed E-state index contributed by atoms with van der Waals surface area (Å²) in [7, 11) is 0. The predicted molar refractivity (Wildman–Crippen MR) is 45.6 cm³/mol. The van der Waals surface area contributed by atoms with Crippen molar-refractivity contribution in [3.63, 3.8) is 0 Å². The molecule has 0 aromatic heterocycles. The van der Waals surface area contributed by atoms with Gasteiger partial charge < -0.3 is 10.6 Å². The second kappa shape index (κ2) is 3.25. The Morgan fingerprint density at radius 3 is 2.71 bits per heavy atom. The molecule has 1 aliphatic rings. The number of carbonyl (C=O) groups is 1. The van der Waals surface area contributed by atoms with E-state index in [9.17, 15) is 13.6 Å². The van der Waals surface area contributed by atoms with Gasteiger partial charge in [0.25, 0.3) is 0 Å². The highest BCUT2D eigenvalue weighted by Gasteiger charge is 2.23. The number of nitrogens with one attached hydrogen (secondary N) is 2. The molecule has 0 aliphatic carbocycles. The summed E-state index contributed by atoms with van der Waals surface area (Å²) in [5.41, 5.74) is 0.296. The summed E-state index contributed by atoms with van der Waals surface area (Å²) in [5, 5.41) is 5.02. The first-order valence-electron chi connectivity index (χ1n) is 4.16. The van der Waals surface area contributed by atoms with Gasteiger partial charge in [0.1, 0.15) is 11.6 Å². The topological polar surface area (TPSA) is 41.1 Å². The first-order valence-corrected chi connectivity index (χ1v) is 4.16. The van der Waals surface area contributed by atoms with Crippen LogP contribution in [0.1, 0.15) is 11.6 Å². The Morgan fingerprint density at radius 1 is 1.36 bits per heavy atom. The van der Waals surface area contributed by atoms with Crippen LogP contribution in [-0.2, 0) is 0 Å². The van der Waals surface area contributed by atoms with Gasteiger partial charge in [-0.05, 0) is 6.07 Å². The van der Waals surface area contributed by atoms with Crippen LogP contribution in [-0.4, -0.2) is 12.6 Å². The Kier molecular flexibility index (Phi) is 2.07. The number of urea groups is 1. The smallest absolute Gasteiger partial charge is 0.315 e. The molecule has 1 aromatic carbocycles. The number of hydrogen-bond acceptors (Lipinski definition) is 1. The fourth-order valence-corrected chi connectivity index (χ4v) is 1.43. The van der Waals surface area contributed by atoms with E-state index in [4.69, 9.17) is 0 Å². The van der Waals surface area contributed by atoms with Crippen molar-refractivity contribution in [1.29, 1.82) is 0 Å². The van der Waals surface area contributed by atoms with E-state index in [0.29, 0.717) is 12.1 Å². The second-order valence-electron chi connectivity index (χ2n) is 3.07. The van der Waals surface area contributed by atoms with Crippen molar-refractivity contribution in [2.45, 2.75) is 6.04 Å². The fourth-order valence-electron chi connectivity index (χ4n) is 1.43. The second-order valence-corrected chi connectivity index (χ2v) is 3.07. The molecular weight excluding hydrogens is 190 g/mol. The van der Waals surface area contributed by atoms with Crippen LogP contribution in [0, 0.1) is 11.6 Å². The fraction of sp³-hybridized carbons (Fsp3) is 0.222. The maximum atomic E-state index is 13.2. The lowest BCUT2D eigenvalue weighted by Gasteiger charge is -2.09. The average molecular weight is 198 g/mol. The lowest BCUT2D eigenvalue weighted by molar-refractivity contribution is 0.247. The third kappa shape index (κ3) is 1.53. The van der Waals surface area contributed by atoms with Crippen molar-refractivity contribution in [3.05, 3.63) is 35.4 Å². The zero-order valence-electron chi connectivity index (χ0n) is 7.18. The molecule has 0 spiro atoms. The molecule has 1 unspecified atom stereocenters. The molecule has 2 N–H and O–H groups in total. The van der Waals surface area contributed by atoms with Gasteiger partial charge in [-0.1, -0.05) is 6.07 Å². The Bertz CT molecular complexity index is 381. The maximum absolute atomic E-state index is 13.2. The highest BCUT2D eigenvalue weighted by molar-refractivity contribution is 5.76. The quantitative estimate of drug-likeness (QED) is 0.702. The number of hydrogen-bond donors (Lipinski definition) is 2. The molecule has 0 bridgehead atoms. The van der Waals surface area contributed by atoms with E-state index in [-0.39, 0.29) is 6.03 Å². The van der Waals surface area contributed by atoms with Gasteiger partial charge in [0.2, 0.25) is 0 Å². The van der Waals surface area contributed by atoms with E-state index in [1.165, 1.54) is 12.1 Å². The summed E-state index contributed by atoms with van der Waals surface area (Å²) in [6.07, 6.45) is 0. The molecule has 1 saturated heterocycles. The monoisotopic (exact) mass is 198 g/mol. The molecule has 0 saturated carbocycles. The summed E-state index contributed by atoms with van der Waals surface area (Å²) in [5.74, 6) is -1.26. The first-order chi connectivity index (χ1) is 6.66. The molecule has 2 amide bonds. The van der Waals surface area contributed by atoms with Crippen molar-refractivity contribution in [3.8, 4) is 0 Å². The summed E-state index contributed by atoms with van der Waals surface area (Å²) in [4.78, 5) is 10.8. The van der Waals surface area contributed by atoms with E-state index >= 15 is 0 Å².